The molecule has 5 nitrogen and oxygen atoms in total. The van der Waals surface area contributed by atoms with Gasteiger partial charge in [-0.15, -0.1) is 0 Å². The second kappa shape index (κ2) is 5.98. The molecular formula is C15H16N2O3. The number of pyridine rings is 1. The summed E-state index contributed by atoms with van der Waals surface area (Å²) in [5.74, 6) is -0.141. The molecule has 1 aromatic carbocycles. The molecule has 20 heavy (non-hydrogen) atoms. The second-order valence-electron chi connectivity index (χ2n) is 4.69. The fourth-order valence-corrected chi connectivity index (χ4v) is 2.16. The second-order valence-corrected chi connectivity index (χ2v) is 4.69. The van der Waals surface area contributed by atoms with Gasteiger partial charge in [0.05, 0.1) is 37.0 Å². The molecule has 0 spiro atoms. The largest absolute Gasteiger partial charge is 0.376 e. The van der Waals surface area contributed by atoms with Crippen molar-refractivity contribution in [3.05, 3.63) is 42.1 Å². The predicted molar refractivity (Wildman–Crippen MR) is 74.6 cm³/mol. The number of rotatable bonds is 3. The first-order valence-electron chi connectivity index (χ1n) is 6.65. The maximum atomic E-state index is 12.1. The van der Waals surface area contributed by atoms with Crippen molar-refractivity contribution in [3.63, 3.8) is 0 Å². The van der Waals surface area contributed by atoms with E-state index in [4.69, 9.17) is 9.47 Å². The van der Waals surface area contributed by atoms with Gasteiger partial charge in [0.2, 0.25) is 0 Å². The summed E-state index contributed by atoms with van der Waals surface area (Å²) >= 11 is 0. The molecule has 1 N–H and O–H groups in total. The van der Waals surface area contributed by atoms with Crippen molar-refractivity contribution in [3.8, 4) is 0 Å². The average Bonchev–Trinajstić information content (AvgIpc) is 2.53. The summed E-state index contributed by atoms with van der Waals surface area (Å²) in [5, 5.41) is 3.81. The number of carbonyl (C=O) groups is 1. The molecular weight excluding hydrogens is 256 g/mol. The molecule has 3 rings (SSSR count). The third-order valence-electron chi connectivity index (χ3n) is 3.23. The van der Waals surface area contributed by atoms with Crippen LogP contribution in [0.1, 0.15) is 10.4 Å². The molecule has 1 aliphatic heterocycles. The molecule has 0 radical (unpaired) electrons. The van der Waals surface area contributed by atoms with Gasteiger partial charge >= 0.3 is 0 Å². The molecule has 1 atom stereocenters. The highest BCUT2D eigenvalue weighted by Gasteiger charge is 2.16. The maximum absolute atomic E-state index is 12.1. The van der Waals surface area contributed by atoms with E-state index >= 15 is 0 Å². The zero-order chi connectivity index (χ0) is 13.8. The highest BCUT2D eigenvalue weighted by molar-refractivity contribution is 5.97. The van der Waals surface area contributed by atoms with Crippen molar-refractivity contribution >= 4 is 16.8 Å². The van der Waals surface area contributed by atoms with Gasteiger partial charge in [-0.05, 0) is 12.1 Å². The maximum Gasteiger partial charge on any atom is 0.252 e. The summed E-state index contributed by atoms with van der Waals surface area (Å²) in [5.41, 5.74) is 1.44. The van der Waals surface area contributed by atoms with E-state index in [0.29, 0.717) is 31.9 Å². The molecule has 0 aliphatic carbocycles. The monoisotopic (exact) mass is 272 g/mol. The van der Waals surface area contributed by atoms with Gasteiger partial charge in [0.15, 0.2) is 0 Å². The van der Waals surface area contributed by atoms with Gasteiger partial charge in [0, 0.05) is 18.1 Å². The van der Waals surface area contributed by atoms with E-state index in [1.165, 1.54) is 0 Å². The first-order chi connectivity index (χ1) is 9.83. The standard InChI is InChI=1S/C15H16N2O3/c18-15(17-9-13-10-19-5-6-20-13)12-7-11-3-1-2-4-14(11)16-8-12/h1-4,7-8,13H,5-6,9-10H2,(H,17,18). The van der Waals surface area contributed by atoms with E-state index in [0.717, 1.165) is 10.9 Å². The minimum absolute atomic E-state index is 0.0684. The van der Waals surface area contributed by atoms with Crippen LogP contribution in [0.2, 0.25) is 0 Å². The third kappa shape index (κ3) is 2.95. The number of para-hydroxylation sites is 1. The Labute approximate surface area is 116 Å². The van der Waals surface area contributed by atoms with Crippen molar-refractivity contribution in [1.82, 2.24) is 10.3 Å². The van der Waals surface area contributed by atoms with Gasteiger partial charge in [-0.1, -0.05) is 18.2 Å². The number of nitrogens with one attached hydrogen (secondary N) is 1. The lowest BCUT2D eigenvalue weighted by molar-refractivity contribution is -0.0855. The summed E-state index contributed by atoms with van der Waals surface area (Å²) in [6.07, 6.45) is 1.52. The summed E-state index contributed by atoms with van der Waals surface area (Å²) in [6.45, 7) is 2.18. The average molecular weight is 272 g/mol. The van der Waals surface area contributed by atoms with Crippen molar-refractivity contribution in [2.75, 3.05) is 26.4 Å². The highest BCUT2D eigenvalue weighted by Crippen LogP contribution is 2.12. The van der Waals surface area contributed by atoms with Crippen LogP contribution >= 0.6 is 0 Å². The lowest BCUT2D eigenvalue weighted by Crippen LogP contribution is -2.39. The summed E-state index contributed by atoms with van der Waals surface area (Å²) in [4.78, 5) is 16.4. The SMILES string of the molecule is O=C(NCC1COCCO1)c1cnc2ccccc2c1. The fraction of sp³-hybridized carbons (Fsp3) is 0.333. The van der Waals surface area contributed by atoms with E-state index in [9.17, 15) is 4.79 Å². The summed E-state index contributed by atoms with van der Waals surface area (Å²) in [6, 6.07) is 9.56. The molecule has 1 aliphatic rings. The Balaban J connectivity index is 1.65. The Morgan fingerprint density at radius 2 is 2.25 bits per heavy atom. The van der Waals surface area contributed by atoms with Crippen molar-refractivity contribution in [2.45, 2.75) is 6.10 Å². The Morgan fingerprint density at radius 3 is 3.10 bits per heavy atom. The summed E-state index contributed by atoms with van der Waals surface area (Å²) in [7, 11) is 0. The van der Waals surface area contributed by atoms with Gasteiger partial charge in [-0.2, -0.15) is 0 Å². The Morgan fingerprint density at radius 1 is 1.35 bits per heavy atom. The lowest BCUT2D eigenvalue weighted by Gasteiger charge is -2.23. The number of benzene rings is 1. The number of aromatic nitrogens is 1. The summed E-state index contributed by atoms with van der Waals surface area (Å²) < 4.78 is 10.8. The Hall–Kier alpha value is -1.98. The molecule has 1 aromatic heterocycles. The molecule has 1 unspecified atom stereocenters. The molecule has 1 fully saturated rings. The van der Waals surface area contributed by atoms with Crippen LogP contribution in [0.3, 0.4) is 0 Å². The van der Waals surface area contributed by atoms with Crippen LogP contribution < -0.4 is 5.32 Å². The normalized spacial score (nSPS) is 18.9. The Kier molecular flexibility index (Phi) is 3.90. The smallest absolute Gasteiger partial charge is 0.252 e. The molecule has 1 saturated heterocycles. The molecule has 5 heteroatoms. The fourth-order valence-electron chi connectivity index (χ4n) is 2.16. The molecule has 0 bridgehead atoms. The van der Waals surface area contributed by atoms with Crippen LogP contribution in [0.5, 0.6) is 0 Å². The van der Waals surface area contributed by atoms with Crippen molar-refractivity contribution in [1.29, 1.82) is 0 Å². The van der Waals surface area contributed by atoms with Gasteiger partial charge in [0.1, 0.15) is 0 Å². The first kappa shape index (κ1) is 13.0. The minimum Gasteiger partial charge on any atom is -0.376 e. The van der Waals surface area contributed by atoms with Crippen LogP contribution in [0.15, 0.2) is 36.5 Å². The number of fused-ring (bicyclic) bond motifs is 1. The van der Waals surface area contributed by atoms with E-state index in [1.807, 2.05) is 30.3 Å². The van der Waals surface area contributed by atoms with Crippen molar-refractivity contribution < 1.29 is 14.3 Å². The molecule has 2 aromatic rings. The van der Waals surface area contributed by atoms with Crippen LogP contribution in [0.25, 0.3) is 10.9 Å². The van der Waals surface area contributed by atoms with Crippen molar-refractivity contribution in [2.24, 2.45) is 0 Å². The van der Waals surface area contributed by atoms with Gasteiger partial charge in [0.25, 0.3) is 5.91 Å². The highest BCUT2D eigenvalue weighted by atomic mass is 16.6. The van der Waals surface area contributed by atoms with Crippen LogP contribution in [0.4, 0.5) is 0 Å². The number of carbonyl (C=O) groups excluding carboxylic acids is 1. The third-order valence-corrected chi connectivity index (χ3v) is 3.23. The quantitative estimate of drug-likeness (QED) is 0.917. The Bertz CT molecular complexity index is 609. The minimum atomic E-state index is -0.141. The first-order valence-corrected chi connectivity index (χ1v) is 6.65. The molecule has 0 saturated carbocycles. The molecule has 104 valence electrons. The van der Waals surface area contributed by atoms with E-state index in [2.05, 4.69) is 10.3 Å². The topological polar surface area (TPSA) is 60.5 Å². The number of hydrogen-bond acceptors (Lipinski definition) is 4. The van der Waals surface area contributed by atoms with Gasteiger partial charge < -0.3 is 14.8 Å². The number of amides is 1. The van der Waals surface area contributed by atoms with Crippen LogP contribution in [0, 0.1) is 0 Å². The molecule has 1 amide bonds. The zero-order valence-corrected chi connectivity index (χ0v) is 11.0. The van der Waals surface area contributed by atoms with Crippen LogP contribution in [-0.4, -0.2) is 43.4 Å². The zero-order valence-electron chi connectivity index (χ0n) is 11.0. The van der Waals surface area contributed by atoms with Gasteiger partial charge in [-0.25, -0.2) is 0 Å². The number of ether oxygens (including phenoxy) is 2. The van der Waals surface area contributed by atoms with E-state index in [-0.39, 0.29) is 12.0 Å². The van der Waals surface area contributed by atoms with E-state index < -0.39 is 0 Å². The predicted octanol–water partition coefficient (Wildman–Crippen LogP) is 1.38. The van der Waals surface area contributed by atoms with Gasteiger partial charge in [-0.3, -0.25) is 9.78 Å². The van der Waals surface area contributed by atoms with Crippen LogP contribution in [-0.2, 0) is 9.47 Å². The lowest BCUT2D eigenvalue weighted by atomic mass is 10.1. The molecule has 2 heterocycles. The van der Waals surface area contributed by atoms with E-state index in [1.54, 1.807) is 6.20 Å². The number of hydrogen-bond donors (Lipinski definition) is 1. The number of nitrogens with zero attached hydrogens (tertiary/aromatic N) is 1.